The van der Waals surface area contributed by atoms with Gasteiger partial charge >= 0.3 is 0 Å². The Morgan fingerprint density at radius 3 is 2.39 bits per heavy atom. The lowest BCUT2D eigenvalue weighted by atomic mass is 10.1. The molecule has 1 unspecified atom stereocenters. The Hall–Kier alpha value is -1.99. The molecule has 1 aromatic carbocycles. The van der Waals surface area contributed by atoms with E-state index in [1.807, 2.05) is 11.8 Å². The van der Waals surface area contributed by atoms with Crippen LogP contribution in [-0.2, 0) is 9.59 Å². The minimum Gasteiger partial charge on any atom is -0.342 e. The summed E-state index contributed by atoms with van der Waals surface area (Å²) in [5.41, 5.74) is 1.03. The topological polar surface area (TPSA) is 55.9 Å². The molecule has 0 saturated carbocycles. The van der Waals surface area contributed by atoms with Crippen molar-refractivity contribution in [3.05, 3.63) is 29.6 Å². The molecule has 7 heteroatoms. The van der Waals surface area contributed by atoms with Crippen LogP contribution in [0.5, 0.6) is 0 Å². The number of hydrogen-bond donors (Lipinski definition) is 1. The summed E-state index contributed by atoms with van der Waals surface area (Å²) in [7, 11) is 0. The number of carbonyl (C=O) groups excluding carboxylic acids is 2. The van der Waals surface area contributed by atoms with E-state index in [1.165, 1.54) is 12.5 Å². The third-order valence-electron chi connectivity index (χ3n) is 5.84. The minimum atomic E-state index is -0.322. The predicted molar refractivity (Wildman–Crippen MR) is 108 cm³/mol. The zero-order valence-corrected chi connectivity index (χ0v) is 16.9. The number of rotatable bonds is 5. The molecule has 0 aliphatic carbocycles. The van der Waals surface area contributed by atoms with Crippen molar-refractivity contribution in [2.45, 2.75) is 39.2 Å². The number of likely N-dealkylation sites (tertiary alicyclic amines) is 1. The SMILES string of the molecule is Cc1ccc(NC(=O)C(C)N2CCN(CC(=O)N3CCCCC3)CC2)cc1F. The van der Waals surface area contributed by atoms with Gasteiger partial charge in [0.2, 0.25) is 11.8 Å². The van der Waals surface area contributed by atoms with E-state index in [-0.39, 0.29) is 23.7 Å². The fourth-order valence-corrected chi connectivity index (χ4v) is 3.83. The first-order chi connectivity index (χ1) is 13.4. The zero-order chi connectivity index (χ0) is 20.1. The van der Waals surface area contributed by atoms with Crippen LogP contribution in [0, 0.1) is 12.7 Å². The van der Waals surface area contributed by atoms with Crippen LogP contribution in [0.3, 0.4) is 0 Å². The van der Waals surface area contributed by atoms with E-state index in [9.17, 15) is 14.0 Å². The highest BCUT2D eigenvalue weighted by molar-refractivity contribution is 5.94. The molecule has 1 atom stereocenters. The molecule has 2 saturated heterocycles. The van der Waals surface area contributed by atoms with Gasteiger partial charge in [-0.2, -0.15) is 0 Å². The molecule has 2 aliphatic heterocycles. The van der Waals surface area contributed by atoms with Gasteiger partial charge in [-0.1, -0.05) is 6.07 Å². The number of piperazine rings is 1. The van der Waals surface area contributed by atoms with Crippen LogP contribution in [-0.4, -0.2) is 78.4 Å². The van der Waals surface area contributed by atoms with Crippen molar-refractivity contribution in [2.24, 2.45) is 0 Å². The first-order valence-corrected chi connectivity index (χ1v) is 10.3. The lowest BCUT2D eigenvalue weighted by Gasteiger charge is -2.38. The molecule has 0 spiro atoms. The average Bonchev–Trinajstić information content (AvgIpc) is 2.71. The molecule has 154 valence electrons. The molecule has 1 aromatic rings. The lowest BCUT2D eigenvalue weighted by molar-refractivity contribution is -0.134. The Kier molecular flexibility index (Phi) is 7.02. The maximum Gasteiger partial charge on any atom is 0.241 e. The number of benzene rings is 1. The van der Waals surface area contributed by atoms with Gasteiger partial charge in [0.15, 0.2) is 0 Å². The normalized spacial score (nSPS) is 20.0. The molecular formula is C21H31FN4O2. The third-order valence-corrected chi connectivity index (χ3v) is 5.84. The van der Waals surface area contributed by atoms with Crippen molar-refractivity contribution >= 4 is 17.5 Å². The lowest BCUT2D eigenvalue weighted by Crippen LogP contribution is -2.54. The number of aryl methyl sites for hydroxylation is 1. The van der Waals surface area contributed by atoms with E-state index in [4.69, 9.17) is 0 Å². The number of nitrogens with one attached hydrogen (secondary N) is 1. The monoisotopic (exact) mass is 390 g/mol. The van der Waals surface area contributed by atoms with Crippen LogP contribution in [0.2, 0.25) is 0 Å². The summed E-state index contributed by atoms with van der Waals surface area (Å²) in [5.74, 6) is -0.237. The Labute approximate surface area is 166 Å². The van der Waals surface area contributed by atoms with Crippen LogP contribution >= 0.6 is 0 Å². The highest BCUT2D eigenvalue weighted by Gasteiger charge is 2.27. The first kappa shape index (κ1) is 20.7. The summed E-state index contributed by atoms with van der Waals surface area (Å²) in [6.45, 7) is 8.83. The maximum absolute atomic E-state index is 13.7. The van der Waals surface area contributed by atoms with E-state index < -0.39 is 0 Å². The van der Waals surface area contributed by atoms with Gasteiger partial charge < -0.3 is 10.2 Å². The Balaban J connectivity index is 1.44. The predicted octanol–water partition coefficient (Wildman–Crippen LogP) is 2.09. The number of anilines is 1. The van der Waals surface area contributed by atoms with Gasteiger partial charge in [0, 0.05) is 45.0 Å². The molecule has 2 amide bonds. The van der Waals surface area contributed by atoms with Crippen LogP contribution in [0.1, 0.15) is 31.7 Å². The largest absolute Gasteiger partial charge is 0.342 e. The highest BCUT2D eigenvalue weighted by Crippen LogP contribution is 2.15. The second-order valence-electron chi connectivity index (χ2n) is 7.88. The second-order valence-corrected chi connectivity index (χ2v) is 7.88. The van der Waals surface area contributed by atoms with Crippen LogP contribution in [0.15, 0.2) is 18.2 Å². The fourth-order valence-electron chi connectivity index (χ4n) is 3.83. The number of amides is 2. The summed E-state index contributed by atoms with van der Waals surface area (Å²) in [6.07, 6.45) is 3.44. The number of piperidine rings is 1. The molecule has 0 aromatic heterocycles. The summed E-state index contributed by atoms with van der Waals surface area (Å²) >= 11 is 0. The van der Waals surface area contributed by atoms with Gasteiger partial charge in [-0.3, -0.25) is 19.4 Å². The second kappa shape index (κ2) is 9.47. The molecule has 1 N–H and O–H groups in total. The van der Waals surface area contributed by atoms with E-state index in [2.05, 4.69) is 15.1 Å². The van der Waals surface area contributed by atoms with Gasteiger partial charge in [-0.05, 0) is 50.8 Å². The van der Waals surface area contributed by atoms with Crippen molar-refractivity contribution in [3.63, 3.8) is 0 Å². The number of carbonyl (C=O) groups is 2. The summed E-state index contributed by atoms with van der Waals surface area (Å²) < 4.78 is 13.7. The van der Waals surface area contributed by atoms with Gasteiger partial charge in [-0.15, -0.1) is 0 Å². The van der Waals surface area contributed by atoms with Crippen molar-refractivity contribution in [1.29, 1.82) is 0 Å². The highest BCUT2D eigenvalue weighted by atomic mass is 19.1. The van der Waals surface area contributed by atoms with Gasteiger partial charge in [0.25, 0.3) is 0 Å². The molecule has 2 heterocycles. The molecule has 0 bridgehead atoms. The number of halogens is 1. The molecule has 2 fully saturated rings. The van der Waals surface area contributed by atoms with E-state index >= 15 is 0 Å². The summed E-state index contributed by atoms with van der Waals surface area (Å²) in [4.78, 5) is 31.2. The Morgan fingerprint density at radius 2 is 1.75 bits per heavy atom. The quantitative estimate of drug-likeness (QED) is 0.837. The van der Waals surface area contributed by atoms with Crippen LogP contribution in [0.4, 0.5) is 10.1 Å². The smallest absolute Gasteiger partial charge is 0.241 e. The standard InChI is InChI=1S/C21H31FN4O2/c1-16-6-7-18(14-19(16)22)23-21(28)17(2)25-12-10-24(11-13-25)15-20(27)26-8-4-3-5-9-26/h6-7,14,17H,3-5,8-13,15H2,1-2H3,(H,23,28). The fraction of sp³-hybridized carbons (Fsp3) is 0.619. The van der Waals surface area contributed by atoms with Crippen molar-refractivity contribution in [3.8, 4) is 0 Å². The first-order valence-electron chi connectivity index (χ1n) is 10.3. The molecule has 0 radical (unpaired) electrons. The van der Waals surface area contributed by atoms with Crippen LogP contribution < -0.4 is 5.32 Å². The number of hydrogen-bond acceptors (Lipinski definition) is 4. The maximum atomic E-state index is 13.7. The van der Waals surface area contributed by atoms with E-state index in [1.54, 1.807) is 19.1 Å². The van der Waals surface area contributed by atoms with E-state index in [0.29, 0.717) is 17.8 Å². The Bertz CT molecular complexity index is 698. The van der Waals surface area contributed by atoms with Gasteiger partial charge in [0.1, 0.15) is 5.82 Å². The zero-order valence-electron chi connectivity index (χ0n) is 16.9. The molecule has 2 aliphatic rings. The number of nitrogens with zero attached hydrogens (tertiary/aromatic N) is 3. The van der Waals surface area contributed by atoms with E-state index in [0.717, 1.165) is 52.1 Å². The van der Waals surface area contributed by atoms with Crippen molar-refractivity contribution in [2.75, 3.05) is 51.1 Å². The molecular weight excluding hydrogens is 359 g/mol. The minimum absolute atomic E-state index is 0.138. The molecule has 28 heavy (non-hydrogen) atoms. The molecule has 3 rings (SSSR count). The summed E-state index contributed by atoms with van der Waals surface area (Å²) in [5, 5.41) is 2.80. The van der Waals surface area contributed by atoms with Crippen LogP contribution in [0.25, 0.3) is 0 Å². The van der Waals surface area contributed by atoms with Crippen molar-refractivity contribution < 1.29 is 14.0 Å². The Morgan fingerprint density at radius 1 is 1.07 bits per heavy atom. The molecule has 6 nitrogen and oxygen atoms in total. The van der Waals surface area contributed by atoms with Crippen molar-refractivity contribution in [1.82, 2.24) is 14.7 Å². The average molecular weight is 391 g/mol. The van der Waals surface area contributed by atoms with Gasteiger partial charge in [0.05, 0.1) is 12.6 Å². The van der Waals surface area contributed by atoms with Gasteiger partial charge in [-0.25, -0.2) is 4.39 Å². The third kappa shape index (κ3) is 5.29. The summed E-state index contributed by atoms with van der Waals surface area (Å²) in [6, 6.07) is 4.43.